The Morgan fingerprint density at radius 3 is 2.18 bits per heavy atom. The van der Waals surface area contributed by atoms with E-state index >= 15 is 0 Å². The number of benzene rings is 2. The van der Waals surface area contributed by atoms with Crippen LogP contribution in [0.25, 0.3) is 0 Å². The van der Waals surface area contributed by atoms with Crippen molar-refractivity contribution < 1.29 is 19.2 Å². The highest BCUT2D eigenvalue weighted by molar-refractivity contribution is 14.1. The van der Waals surface area contributed by atoms with Crippen LogP contribution in [0.4, 0.5) is 5.69 Å². The van der Waals surface area contributed by atoms with E-state index in [1.54, 1.807) is 12.1 Å². The van der Waals surface area contributed by atoms with Crippen molar-refractivity contribution in [2.75, 3.05) is 0 Å². The maximum atomic E-state index is 12.8. The highest BCUT2D eigenvalue weighted by Gasteiger charge is 2.59. The third-order valence-electron chi connectivity index (χ3n) is 6.32. The molecule has 0 spiro atoms. The number of halogens is 2. The van der Waals surface area contributed by atoms with Crippen molar-refractivity contribution in [1.29, 1.82) is 0 Å². The molecule has 5 rings (SSSR count). The first-order valence-electron chi connectivity index (χ1n) is 10.3. The Kier molecular flexibility index (Phi) is 5.97. The van der Waals surface area contributed by atoms with Crippen LogP contribution in [0.15, 0.2) is 53.7 Å². The predicted molar refractivity (Wildman–Crippen MR) is 136 cm³/mol. The minimum absolute atomic E-state index is 0.0362. The van der Waals surface area contributed by atoms with Crippen molar-refractivity contribution in [3.8, 4) is 5.75 Å². The quantitative estimate of drug-likeness (QED) is 0.113. The van der Waals surface area contributed by atoms with Crippen LogP contribution in [0.1, 0.15) is 17.5 Å². The van der Waals surface area contributed by atoms with Gasteiger partial charge in [-0.15, -0.1) is 0 Å². The lowest BCUT2D eigenvalue weighted by molar-refractivity contribution is -0.384. The van der Waals surface area contributed by atoms with Crippen LogP contribution in [0, 0.1) is 40.9 Å². The number of allylic oxidation sites excluding steroid dienone is 2. The molecule has 2 amide bonds. The van der Waals surface area contributed by atoms with E-state index in [1.807, 2.05) is 12.1 Å². The third kappa shape index (κ3) is 4.07. The number of nitro benzene ring substituents is 1. The van der Waals surface area contributed by atoms with Crippen molar-refractivity contribution in [1.82, 2.24) is 5.01 Å². The minimum Gasteiger partial charge on any atom is -0.487 e. The highest BCUT2D eigenvalue weighted by Crippen LogP contribution is 2.52. The van der Waals surface area contributed by atoms with Crippen LogP contribution in [-0.4, -0.2) is 28.0 Å². The second kappa shape index (κ2) is 8.78. The molecule has 1 aliphatic heterocycles. The van der Waals surface area contributed by atoms with Gasteiger partial charge in [-0.05, 0) is 98.8 Å². The molecule has 2 aliphatic carbocycles. The number of hydrogen-bond donors (Lipinski definition) is 0. The second-order valence-corrected chi connectivity index (χ2v) is 10.6. The lowest BCUT2D eigenvalue weighted by atomic mass is 9.85. The monoisotopic (exact) mass is 669 g/mol. The van der Waals surface area contributed by atoms with Crippen molar-refractivity contribution in [3.63, 3.8) is 0 Å². The van der Waals surface area contributed by atoms with Crippen molar-refractivity contribution in [3.05, 3.63) is 76.9 Å². The summed E-state index contributed by atoms with van der Waals surface area (Å²) in [5.41, 5.74) is 1.61. The van der Waals surface area contributed by atoms with Gasteiger partial charge in [0.05, 0.1) is 30.1 Å². The molecule has 0 unspecified atom stereocenters. The van der Waals surface area contributed by atoms with Crippen molar-refractivity contribution in [2.45, 2.75) is 13.0 Å². The van der Waals surface area contributed by atoms with Gasteiger partial charge < -0.3 is 4.74 Å². The second-order valence-electron chi connectivity index (χ2n) is 8.26. The van der Waals surface area contributed by atoms with Gasteiger partial charge in [0.2, 0.25) is 0 Å². The molecular weight excluding hydrogens is 652 g/mol. The molecule has 2 bridgehead atoms. The number of amides is 2. The number of ether oxygens (including phenoxy) is 1. The van der Waals surface area contributed by atoms with Crippen LogP contribution < -0.4 is 4.74 Å². The van der Waals surface area contributed by atoms with Gasteiger partial charge >= 0.3 is 0 Å². The number of nitrogens with zero attached hydrogens (tertiary/aromatic N) is 3. The Labute approximate surface area is 216 Å². The molecule has 10 heteroatoms. The molecule has 8 nitrogen and oxygen atoms in total. The summed E-state index contributed by atoms with van der Waals surface area (Å²) in [5.74, 6) is 0.0741. The molecule has 0 aromatic heterocycles. The Bertz CT molecular complexity index is 1170. The zero-order valence-electron chi connectivity index (χ0n) is 17.1. The first-order valence-corrected chi connectivity index (χ1v) is 12.4. The van der Waals surface area contributed by atoms with Crippen LogP contribution in [0.2, 0.25) is 0 Å². The van der Waals surface area contributed by atoms with Gasteiger partial charge in [0.25, 0.3) is 17.5 Å². The molecule has 4 atom stereocenters. The van der Waals surface area contributed by atoms with E-state index in [0.29, 0.717) is 5.75 Å². The van der Waals surface area contributed by atoms with E-state index in [4.69, 9.17) is 4.74 Å². The summed E-state index contributed by atoms with van der Waals surface area (Å²) < 4.78 is 7.64. The molecule has 1 saturated heterocycles. The molecular formula is C23H17I2N3O5. The lowest BCUT2D eigenvalue weighted by Crippen LogP contribution is -2.28. The molecule has 0 N–H and O–H groups in total. The summed E-state index contributed by atoms with van der Waals surface area (Å²) in [4.78, 5) is 35.9. The smallest absolute Gasteiger partial charge is 0.269 e. The summed E-state index contributed by atoms with van der Waals surface area (Å²) >= 11 is 4.33. The number of carbonyl (C=O) groups is 2. The van der Waals surface area contributed by atoms with Crippen LogP contribution in [-0.2, 0) is 16.2 Å². The number of imide groups is 1. The maximum absolute atomic E-state index is 12.8. The molecule has 33 heavy (non-hydrogen) atoms. The number of rotatable bonds is 6. The number of hydrogen-bond acceptors (Lipinski definition) is 6. The summed E-state index contributed by atoms with van der Waals surface area (Å²) in [6.45, 7) is 0.271. The van der Waals surface area contributed by atoms with E-state index in [9.17, 15) is 19.7 Å². The molecule has 168 valence electrons. The number of nitro groups is 1. The van der Waals surface area contributed by atoms with E-state index in [0.717, 1.165) is 29.7 Å². The fourth-order valence-corrected chi connectivity index (χ4v) is 6.91. The minimum atomic E-state index is -0.437. The number of non-ortho nitro benzene ring substituents is 1. The summed E-state index contributed by atoms with van der Waals surface area (Å²) in [6.07, 6.45) is 6.55. The fourth-order valence-electron chi connectivity index (χ4n) is 4.79. The Morgan fingerprint density at radius 1 is 1.06 bits per heavy atom. The standard InChI is InChI=1S/C23H17I2N3O5/c24-17-7-13(8-18(25)21(17)33-11-12-1-5-16(6-2-12)28(31)32)10-26-27-22(29)19-14-3-4-15(9-14)20(19)23(27)30/h1-8,10,14-15,19-20H,9,11H2/b26-10-/t14-,15-,19-,20-/m0/s1. The van der Waals surface area contributed by atoms with E-state index in [1.165, 1.54) is 18.3 Å². The van der Waals surface area contributed by atoms with Crippen molar-refractivity contribution >= 4 is 68.9 Å². The van der Waals surface area contributed by atoms with E-state index in [2.05, 4.69) is 62.4 Å². The molecule has 1 heterocycles. The van der Waals surface area contributed by atoms with Gasteiger partial charge in [0.15, 0.2) is 0 Å². The summed E-state index contributed by atoms with van der Waals surface area (Å²) in [6, 6.07) is 9.97. The first-order chi connectivity index (χ1) is 15.8. The summed E-state index contributed by atoms with van der Waals surface area (Å²) in [5, 5.41) is 16.1. The Hall–Kier alpha value is -2.35. The molecule has 2 aromatic rings. The zero-order chi connectivity index (χ0) is 23.3. The highest BCUT2D eigenvalue weighted by atomic mass is 127. The molecule has 0 radical (unpaired) electrons. The van der Waals surface area contributed by atoms with Gasteiger partial charge in [0.1, 0.15) is 12.4 Å². The maximum Gasteiger partial charge on any atom is 0.269 e. The largest absolute Gasteiger partial charge is 0.487 e. The molecule has 2 aromatic carbocycles. The van der Waals surface area contributed by atoms with E-state index in [-0.39, 0.29) is 47.8 Å². The van der Waals surface area contributed by atoms with Gasteiger partial charge in [-0.25, -0.2) is 0 Å². The Morgan fingerprint density at radius 2 is 1.64 bits per heavy atom. The summed E-state index contributed by atoms with van der Waals surface area (Å²) in [7, 11) is 0. The normalized spacial score (nSPS) is 25.3. The van der Waals surface area contributed by atoms with Gasteiger partial charge in [0, 0.05) is 12.1 Å². The first kappa shape index (κ1) is 22.4. The molecule has 2 fully saturated rings. The Balaban J connectivity index is 1.28. The SMILES string of the molecule is O=C1[C@@H]2[C@@H](C(=O)N1/N=C\c1cc(I)c(OCc3ccc([N+](=O)[O-])cc3)c(I)c1)[C@H]1C=C[C@H]2C1. The van der Waals surface area contributed by atoms with Crippen LogP contribution in [0.3, 0.4) is 0 Å². The third-order valence-corrected chi connectivity index (χ3v) is 7.92. The fraction of sp³-hybridized carbons (Fsp3) is 0.261. The van der Waals surface area contributed by atoms with E-state index < -0.39 is 4.92 Å². The topological polar surface area (TPSA) is 102 Å². The predicted octanol–water partition coefficient (Wildman–Crippen LogP) is 4.52. The molecule has 3 aliphatic rings. The van der Waals surface area contributed by atoms with Crippen LogP contribution in [0.5, 0.6) is 5.75 Å². The van der Waals surface area contributed by atoms with Gasteiger partial charge in [-0.3, -0.25) is 19.7 Å². The van der Waals surface area contributed by atoms with Crippen molar-refractivity contribution in [2.24, 2.45) is 28.8 Å². The lowest BCUT2D eigenvalue weighted by Gasteiger charge is -2.13. The molecule has 1 saturated carbocycles. The average Bonchev–Trinajstić information content (AvgIpc) is 3.46. The number of hydrazone groups is 1. The van der Waals surface area contributed by atoms with Crippen LogP contribution >= 0.6 is 45.2 Å². The zero-order valence-corrected chi connectivity index (χ0v) is 21.4. The average molecular weight is 669 g/mol. The van der Waals surface area contributed by atoms with Gasteiger partial charge in [-0.1, -0.05) is 12.2 Å². The number of carbonyl (C=O) groups excluding carboxylic acids is 2. The van der Waals surface area contributed by atoms with Gasteiger partial charge in [-0.2, -0.15) is 10.1 Å². The number of fused-ring (bicyclic) bond motifs is 5.